The predicted octanol–water partition coefficient (Wildman–Crippen LogP) is 5.46. The number of nitrogens with two attached hydrogens (primary N) is 1. The van der Waals surface area contributed by atoms with Crippen LogP contribution in [0.2, 0.25) is 0 Å². The maximum atomic E-state index is 5.67. The van der Waals surface area contributed by atoms with Crippen molar-refractivity contribution >= 4 is 21.9 Å². The number of benzene rings is 1. The maximum Gasteiger partial charge on any atom is 0.257 e. The molecule has 1 atom stereocenters. The molecule has 0 radical (unpaired) electrons. The zero-order chi connectivity index (χ0) is 22.9. The van der Waals surface area contributed by atoms with Crippen LogP contribution in [0, 0.1) is 5.92 Å². The van der Waals surface area contributed by atoms with E-state index in [-0.39, 0.29) is 11.9 Å². The summed E-state index contributed by atoms with van der Waals surface area (Å²) < 4.78 is 6.71. The number of hydrogen-bond acceptors (Lipinski definition) is 7. The minimum absolute atomic E-state index is 0.203. The molecule has 2 N–H and O–H groups in total. The van der Waals surface area contributed by atoms with Gasteiger partial charge in [-0.2, -0.15) is 4.98 Å². The Bertz CT molecular complexity index is 1220. The fraction of sp³-hybridized carbons (Fsp3) is 0.292. The summed E-state index contributed by atoms with van der Waals surface area (Å²) >= 11 is 3.63. The number of aromatic nitrogens is 5. The van der Waals surface area contributed by atoms with Gasteiger partial charge in [0.05, 0.1) is 11.1 Å². The Balaban J connectivity index is 1.68. The van der Waals surface area contributed by atoms with Crippen LogP contribution in [0.5, 0.6) is 0 Å². The molecular weight excluding hydrogens is 468 g/mol. The normalized spacial score (nSPS) is 13.3. The first-order chi connectivity index (χ1) is 15.3. The smallest absolute Gasteiger partial charge is 0.257 e. The number of nitrogen functional groups attached to an aromatic ring is 1. The third-order valence-corrected chi connectivity index (χ3v) is 6.80. The maximum absolute atomic E-state index is 5.67. The first-order valence-electron chi connectivity index (χ1n) is 10.5. The lowest BCUT2D eigenvalue weighted by atomic mass is 9.73. The lowest BCUT2D eigenvalue weighted by Gasteiger charge is -2.30. The lowest BCUT2D eigenvalue weighted by Crippen LogP contribution is -2.31. The van der Waals surface area contributed by atoms with Crippen LogP contribution in [0.25, 0.3) is 22.7 Å². The summed E-state index contributed by atoms with van der Waals surface area (Å²) in [6.07, 6.45) is 6.14. The van der Waals surface area contributed by atoms with Crippen molar-refractivity contribution in [3.8, 4) is 22.7 Å². The van der Waals surface area contributed by atoms with Gasteiger partial charge in [-0.3, -0.25) is 4.98 Å². The van der Waals surface area contributed by atoms with Crippen LogP contribution < -0.4 is 5.73 Å². The Morgan fingerprint density at radius 2 is 1.78 bits per heavy atom. The second-order valence-electron chi connectivity index (χ2n) is 8.20. The van der Waals surface area contributed by atoms with Crippen LogP contribution >= 0.6 is 15.9 Å². The molecule has 4 rings (SSSR count). The Morgan fingerprint density at radius 1 is 1.03 bits per heavy atom. The first kappa shape index (κ1) is 22.1. The Morgan fingerprint density at radius 3 is 2.38 bits per heavy atom. The van der Waals surface area contributed by atoms with Gasteiger partial charge in [0.15, 0.2) is 5.82 Å². The summed E-state index contributed by atoms with van der Waals surface area (Å²) in [5.41, 5.74) is 9.80. The number of hydrogen-bond donors (Lipinski definition) is 1. The molecule has 1 unspecified atom stereocenters. The van der Waals surface area contributed by atoms with Crippen molar-refractivity contribution in [2.75, 3.05) is 5.73 Å². The van der Waals surface area contributed by atoms with Crippen molar-refractivity contribution in [2.45, 2.75) is 39.5 Å². The molecule has 3 aromatic heterocycles. The average Bonchev–Trinajstić information content (AvgIpc) is 3.30. The van der Waals surface area contributed by atoms with Crippen molar-refractivity contribution in [2.24, 2.45) is 5.92 Å². The summed E-state index contributed by atoms with van der Waals surface area (Å²) in [5, 5.41) is 4.36. The summed E-state index contributed by atoms with van der Waals surface area (Å²) in [6, 6.07) is 10.1. The average molecular weight is 493 g/mol. The number of nitrogens with zero attached hydrogens (tertiary/aromatic N) is 5. The van der Waals surface area contributed by atoms with Crippen molar-refractivity contribution in [3.63, 3.8) is 0 Å². The van der Waals surface area contributed by atoms with Crippen molar-refractivity contribution in [1.82, 2.24) is 25.1 Å². The highest BCUT2D eigenvalue weighted by atomic mass is 79.9. The molecule has 0 aliphatic rings. The molecule has 0 fully saturated rings. The standard InChI is InChI=1S/C24H25BrN6O/c1-5-15-6-7-16(10-19(15)25)21-30-22(31-32-21)24(4,14(2)3)18-8-9-20(27-13-18)17-11-28-23(26)29-12-17/h6-14H,5H2,1-4H3,(H2,26,28,29). The fourth-order valence-electron chi connectivity index (χ4n) is 3.58. The molecule has 8 heteroatoms. The molecule has 0 aliphatic heterocycles. The number of rotatable bonds is 6. The van der Waals surface area contributed by atoms with E-state index in [1.54, 1.807) is 12.4 Å². The van der Waals surface area contributed by atoms with E-state index >= 15 is 0 Å². The van der Waals surface area contributed by atoms with Gasteiger partial charge in [0.25, 0.3) is 5.89 Å². The summed E-state index contributed by atoms with van der Waals surface area (Å²) in [6.45, 7) is 8.53. The topological polar surface area (TPSA) is 104 Å². The molecule has 3 heterocycles. The Hall–Kier alpha value is -3.13. The minimum atomic E-state index is -0.481. The van der Waals surface area contributed by atoms with E-state index in [9.17, 15) is 0 Å². The van der Waals surface area contributed by atoms with Crippen LogP contribution in [-0.4, -0.2) is 25.1 Å². The Labute approximate surface area is 195 Å². The van der Waals surface area contributed by atoms with Crippen LogP contribution in [0.3, 0.4) is 0 Å². The zero-order valence-corrected chi connectivity index (χ0v) is 20.1. The number of aryl methyl sites for hydroxylation is 1. The monoisotopic (exact) mass is 492 g/mol. The number of halogens is 1. The summed E-state index contributed by atoms with van der Waals surface area (Å²) in [4.78, 5) is 17.5. The van der Waals surface area contributed by atoms with Gasteiger partial charge in [-0.15, -0.1) is 0 Å². The zero-order valence-electron chi connectivity index (χ0n) is 18.5. The highest BCUT2D eigenvalue weighted by molar-refractivity contribution is 9.10. The second-order valence-corrected chi connectivity index (χ2v) is 9.06. The van der Waals surface area contributed by atoms with Gasteiger partial charge in [-0.05, 0) is 48.6 Å². The Kier molecular flexibility index (Phi) is 6.06. The first-order valence-corrected chi connectivity index (χ1v) is 11.3. The SMILES string of the molecule is CCc1ccc(-c2nc(C(C)(c3ccc(-c4cnc(N)nc4)nc3)C(C)C)no2)cc1Br. The van der Waals surface area contributed by atoms with Gasteiger partial charge in [0.2, 0.25) is 5.95 Å². The van der Waals surface area contributed by atoms with Crippen molar-refractivity contribution in [1.29, 1.82) is 0 Å². The summed E-state index contributed by atoms with van der Waals surface area (Å²) in [5.74, 6) is 1.57. The van der Waals surface area contributed by atoms with Gasteiger partial charge in [-0.1, -0.05) is 54.0 Å². The third kappa shape index (κ3) is 4.02. The van der Waals surface area contributed by atoms with Gasteiger partial charge in [-0.25, -0.2) is 9.97 Å². The fourth-order valence-corrected chi connectivity index (χ4v) is 4.24. The van der Waals surface area contributed by atoms with Crippen LogP contribution in [0.1, 0.15) is 44.6 Å². The largest absolute Gasteiger partial charge is 0.368 e. The molecule has 0 saturated carbocycles. The quantitative estimate of drug-likeness (QED) is 0.381. The van der Waals surface area contributed by atoms with E-state index in [0.717, 1.165) is 33.3 Å². The van der Waals surface area contributed by atoms with E-state index in [1.165, 1.54) is 5.56 Å². The minimum Gasteiger partial charge on any atom is -0.368 e. The predicted molar refractivity (Wildman–Crippen MR) is 128 cm³/mol. The van der Waals surface area contributed by atoms with Crippen molar-refractivity contribution in [3.05, 3.63) is 70.3 Å². The third-order valence-electron chi connectivity index (χ3n) is 6.06. The van der Waals surface area contributed by atoms with Crippen LogP contribution in [0.4, 0.5) is 5.95 Å². The molecule has 164 valence electrons. The molecule has 0 amide bonds. The van der Waals surface area contributed by atoms with E-state index in [1.807, 2.05) is 30.5 Å². The highest BCUT2D eigenvalue weighted by Crippen LogP contribution is 2.38. The second kappa shape index (κ2) is 8.78. The van der Waals surface area contributed by atoms with Gasteiger partial charge >= 0.3 is 0 Å². The molecule has 0 saturated heterocycles. The molecule has 7 nitrogen and oxygen atoms in total. The van der Waals surface area contributed by atoms with Crippen LogP contribution in [0.15, 0.2) is 57.9 Å². The van der Waals surface area contributed by atoms with Crippen LogP contribution in [-0.2, 0) is 11.8 Å². The van der Waals surface area contributed by atoms with E-state index < -0.39 is 5.41 Å². The van der Waals surface area contributed by atoms with Gasteiger partial charge in [0, 0.05) is 34.2 Å². The molecule has 0 spiro atoms. The molecule has 0 aliphatic carbocycles. The molecule has 1 aromatic carbocycles. The van der Waals surface area contributed by atoms with Crippen molar-refractivity contribution < 1.29 is 4.52 Å². The molecule has 4 aromatic rings. The van der Waals surface area contributed by atoms with Gasteiger partial charge in [0.1, 0.15) is 0 Å². The molecule has 0 bridgehead atoms. The van der Waals surface area contributed by atoms with E-state index in [2.05, 4.69) is 69.8 Å². The van der Waals surface area contributed by atoms with E-state index in [4.69, 9.17) is 15.2 Å². The number of anilines is 1. The highest BCUT2D eigenvalue weighted by Gasteiger charge is 2.38. The van der Waals surface area contributed by atoms with Gasteiger partial charge < -0.3 is 10.3 Å². The lowest BCUT2D eigenvalue weighted by molar-refractivity contribution is 0.350. The molecular formula is C24H25BrN6O. The van der Waals surface area contributed by atoms with E-state index in [0.29, 0.717) is 11.7 Å². The summed E-state index contributed by atoms with van der Waals surface area (Å²) in [7, 11) is 0. The number of pyridine rings is 1. The molecule has 32 heavy (non-hydrogen) atoms.